The summed E-state index contributed by atoms with van der Waals surface area (Å²) in [5, 5.41) is 34.3. The summed E-state index contributed by atoms with van der Waals surface area (Å²) in [7, 11) is 1.41. The number of methoxy groups -OCH3 is 1. The Kier molecular flexibility index (Phi) is 6.41. The minimum Gasteiger partial charge on any atom is -0.387 e. The van der Waals surface area contributed by atoms with Crippen molar-refractivity contribution < 1.29 is 24.8 Å². The molecule has 0 radical (unpaired) electrons. The van der Waals surface area contributed by atoms with Gasteiger partial charge in [0.15, 0.2) is 6.29 Å². The predicted octanol–water partition coefficient (Wildman–Crippen LogP) is 2.32. The number of aliphatic hydroxyl groups excluding tert-OH is 3. The van der Waals surface area contributed by atoms with E-state index in [1.165, 1.54) is 35.9 Å². The smallest absolute Gasteiger partial charge is 0.186 e. The zero-order chi connectivity index (χ0) is 21.3. The third-order valence-electron chi connectivity index (χ3n) is 6.25. The Labute approximate surface area is 177 Å². The van der Waals surface area contributed by atoms with Gasteiger partial charge in [0.1, 0.15) is 24.4 Å². The van der Waals surface area contributed by atoms with Gasteiger partial charge in [-0.1, -0.05) is 37.3 Å². The first-order valence-electron chi connectivity index (χ1n) is 10.7. The van der Waals surface area contributed by atoms with Gasteiger partial charge in [-0.15, -0.1) is 0 Å². The minimum atomic E-state index is -1.34. The fourth-order valence-corrected chi connectivity index (χ4v) is 4.49. The van der Waals surface area contributed by atoms with Gasteiger partial charge in [-0.3, -0.25) is 0 Å². The van der Waals surface area contributed by atoms with Gasteiger partial charge < -0.3 is 30.1 Å². The molecule has 0 aromatic heterocycles. The van der Waals surface area contributed by atoms with Crippen LogP contribution < -0.4 is 5.32 Å². The van der Waals surface area contributed by atoms with Crippen molar-refractivity contribution in [2.45, 2.75) is 63.3 Å². The van der Waals surface area contributed by atoms with Crippen molar-refractivity contribution in [1.29, 1.82) is 0 Å². The molecule has 1 fully saturated rings. The molecule has 0 bridgehead atoms. The van der Waals surface area contributed by atoms with Crippen LogP contribution in [-0.4, -0.2) is 53.6 Å². The lowest BCUT2D eigenvalue weighted by molar-refractivity contribution is -0.292. The van der Waals surface area contributed by atoms with Gasteiger partial charge in [0.2, 0.25) is 0 Å². The maximum Gasteiger partial charge on any atom is 0.186 e. The average Bonchev–Trinajstić information content (AvgIpc) is 2.77. The van der Waals surface area contributed by atoms with Gasteiger partial charge in [-0.05, 0) is 59.6 Å². The summed E-state index contributed by atoms with van der Waals surface area (Å²) in [5.41, 5.74) is 6.98. The molecule has 5 atom stereocenters. The molecule has 2 aromatic rings. The third-order valence-corrected chi connectivity index (χ3v) is 6.25. The van der Waals surface area contributed by atoms with Crippen molar-refractivity contribution in [1.82, 2.24) is 0 Å². The monoisotopic (exact) mass is 413 g/mol. The molecule has 0 aliphatic carbocycles. The van der Waals surface area contributed by atoms with E-state index in [2.05, 4.69) is 36.5 Å². The van der Waals surface area contributed by atoms with Gasteiger partial charge in [0, 0.05) is 19.3 Å². The maximum absolute atomic E-state index is 10.5. The lowest BCUT2D eigenvalue weighted by Crippen LogP contribution is -2.54. The van der Waals surface area contributed by atoms with Gasteiger partial charge in [0.25, 0.3) is 0 Å². The van der Waals surface area contributed by atoms with E-state index in [1.807, 2.05) is 12.1 Å². The predicted molar refractivity (Wildman–Crippen MR) is 115 cm³/mol. The summed E-state index contributed by atoms with van der Waals surface area (Å²) >= 11 is 0. The SMILES string of the molecule is CCc1ccc([C@@H]2O[C@H](OC)[C@@H](O)[C@H](O)[C@H]2O)cc1Cc1ccc2c(c1)NCCC2. The lowest BCUT2D eigenvalue weighted by atomic mass is 9.89. The number of benzene rings is 2. The molecule has 162 valence electrons. The van der Waals surface area contributed by atoms with Gasteiger partial charge in [-0.2, -0.15) is 0 Å². The normalized spacial score (nSPS) is 28.6. The second kappa shape index (κ2) is 9.04. The molecule has 6 heteroatoms. The van der Waals surface area contributed by atoms with Crippen LogP contribution >= 0.6 is 0 Å². The zero-order valence-electron chi connectivity index (χ0n) is 17.5. The second-order valence-corrected chi connectivity index (χ2v) is 8.21. The Morgan fingerprint density at radius 2 is 1.87 bits per heavy atom. The van der Waals surface area contributed by atoms with Gasteiger partial charge in [-0.25, -0.2) is 0 Å². The first-order valence-corrected chi connectivity index (χ1v) is 10.7. The van der Waals surface area contributed by atoms with E-state index in [0.717, 1.165) is 36.9 Å². The summed E-state index contributed by atoms with van der Waals surface area (Å²) in [4.78, 5) is 0. The summed E-state index contributed by atoms with van der Waals surface area (Å²) in [6, 6.07) is 12.6. The van der Waals surface area contributed by atoms with E-state index in [1.54, 1.807) is 0 Å². The van der Waals surface area contributed by atoms with Crippen LogP contribution in [0.15, 0.2) is 36.4 Å². The highest BCUT2D eigenvalue weighted by Crippen LogP contribution is 2.34. The molecule has 6 nitrogen and oxygen atoms in total. The highest BCUT2D eigenvalue weighted by molar-refractivity contribution is 5.55. The van der Waals surface area contributed by atoms with Crippen LogP contribution in [0, 0.1) is 0 Å². The van der Waals surface area contributed by atoms with Crippen LogP contribution in [0.3, 0.4) is 0 Å². The summed E-state index contributed by atoms with van der Waals surface area (Å²) in [6.07, 6.45) is -1.68. The number of rotatable bonds is 5. The fourth-order valence-electron chi connectivity index (χ4n) is 4.49. The molecule has 4 N–H and O–H groups in total. The number of fused-ring (bicyclic) bond motifs is 1. The Bertz CT molecular complexity index is 884. The molecule has 1 saturated heterocycles. The molecule has 2 aliphatic rings. The third kappa shape index (κ3) is 4.11. The molecule has 2 aliphatic heterocycles. The molecule has 2 heterocycles. The molecular formula is C24H31NO5. The molecule has 0 amide bonds. The number of nitrogens with one attached hydrogen (secondary N) is 1. The van der Waals surface area contributed by atoms with E-state index in [9.17, 15) is 15.3 Å². The second-order valence-electron chi connectivity index (χ2n) is 8.21. The van der Waals surface area contributed by atoms with Gasteiger partial charge >= 0.3 is 0 Å². The summed E-state index contributed by atoms with van der Waals surface area (Å²) < 4.78 is 10.9. The zero-order valence-corrected chi connectivity index (χ0v) is 17.5. The molecule has 0 spiro atoms. The van der Waals surface area contributed by atoms with Crippen molar-refractivity contribution in [2.24, 2.45) is 0 Å². The van der Waals surface area contributed by atoms with Crippen molar-refractivity contribution in [3.8, 4) is 0 Å². The standard InChI is InChI=1S/C24H31NO5/c1-3-15-8-9-17(23-21(27)20(26)22(28)24(29-2)30-23)13-18(15)11-14-6-7-16-5-4-10-25-19(16)12-14/h6-9,12-13,20-28H,3-5,10-11H2,1-2H3/t20-,21-,22+,23+,24+/m1/s1. The molecule has 0 saturated carbocycles. The Morgan fingerprint density at radius 1 is 1.03 bits per heavy atom. The molecule has 30 heavy (non-hydrogen) atoms. The van der Waals surface area contributed by atoms with E-state index in [4.69, 9.17) is 9.47 Å². The number of anilines is 1. The van der Waals surface area contributed by atoms with E-state index >= 15 is 0 Å². The van der Waals surface area contributed by atoms with Crippen LogP contribution in [0.5, 0.6) is 0 Å². The first-order chi connectivity index (χ1) is 14.5. The lowest BCUT2D eigenvalue weighted by Gasteiger charge is -2.40. The van der Waals surface area contributed by atoms with E-state index in [-0.39, 0.29) is 0 Å². The summed E-state index contributed by atoms with van der Waals surface area (Å²) in [6.45, 7) is 3.14. The van der Waals surface area contributed by atoms with Crippen LogP contribution in [0.2, 0.25) is 0 Å². The Morgan fingerprint density at radius 3 is 2.63 bits per heavy atom. The number of aliphatic hydroxyl groups is 3. The number of hydrogen-bond donors (Lipinski definition) is 4. The average molecular weight is 414 g/mol. The maximum atomic E-state index is 10.5. The van der Waals surface area contributed by atoms with Crippen molar-refractivity contribution in [3.05, 3.63) is 64.2 Å². The fraction of sp³-hybridized carbons (Fsp3) is 0.500. The van der Waals surface area contributed by atoms with Crippen LogP contribution in [0.25, 0.3) is 0 Å². The Hall–Kier alpha value is -1.96. The van der Waals surface area contributed by atoms with Gasteiger partial charge in [0.05, 0.1) is 0 Å². The van der Waals surface area contributed by atoms with Crippen molar-refractivity contribution >= 4 is 5.69 Å². The quantitative estimate of drug-likeness (QED) is 0.602. The largest absolute Gasteiger partial charge is 0.387 e. The highest BCUT2D eigenvalue weighted by atomic mass is 16.7. The topological polar surface area (TPSA) is 91.2 Å². The van der Waals surface area contributed by atoms with Crippen LogP contribution in [0.1, 0.15) is 47.3 Å². The van der Waals surface area contributed by atoms with E-state index in [0.29, 0.717) is 0 Å². The minimum absolute atomic E-state index is 0.763. The summed E-state index contributed by atoms with van der Waals surface area (Å²) in [5.74, 6) is 0. The van der Waals surface area contributed by atoms with Crippen LogP contribution in [0.4, 0.5) is 5.69 Å². The van der Waals surface area contributed by atoms with Crippen LogP contribution in [-0.2, 0) is 28.7 Å². The molecule has 4 rings (SSSR count). The first kappa shape index (κ1) is 21.3. The van der Waals surface area contributed by atoms with Crippen molar-refractivity contribution in [2.75, 3.05) is 19.0 Å². The Balaban J connectivity index is 1.62. The molecule has 0 unspecified atom stereocenters. The van der Waals surface area contributed by atoms with Crippen molar-refractivity contribution in [3.63, 3.8) is 0 Å². The highest BCUT2D eigenvalue weighted by Gasteiger charge is 2.44. The number of hydrogen-bond acceptors (Lipinski definition) is 6. The molecular weight excluding hydrogens is 382 g/mol. The van der Waals surface area contributed by atoms with E-state index < -0.39 is 30.7 Å². The number of aryl methyl sites for hydroxylation is 2. The number of ether oxygens (including phenoxy) is 2. The molecule has 2 aromatic carbocycles.